The van der Waals surface area contributed by atoms with E-state index >= 15 is 0 Å². The minimum absolute atomic E-state index is 0.0345. The van der Waals surface area contributed by atoms with Crippen molar-refractivity contribution in [3.8, 4) is 0 Å². The zero-order valence-corrected chi connectivity index (χ0v) is 13.9. The summed E-state index contributed by atoms with van der Waals surface area (Å²) in [6, 6.07) is 6.65. The zero-order valence-electron chi connectivity index (χ0n) is 13.9. The Morgan fingerprint density at radius 1 is 1.00 bits per heavy atom. The first-order chi connectivity index (χ1) is 11.2. The van der Waals surface area contributed by atoms with E-state index in [0.717, 1.165) is 5.56 Å². The number of hydrogen-bond acceptors (Lipinski definition) is 7. The van der Waals surface area contributed by atoms with Gasteiger partial charge in [-0.1, -0.05) is 24.3 Å². The highest BCUT2D eigenvalue weighted by atomic mass is 16.9. The average molecular weight is 339 g/mol. The van der Waals surface area contributed by atoms with Crippen molar-refractivity contribution in [2.45, 2.75) is 52.4 Å². The molecule has 0 aliphatic heterocycles. The molecule has 0 aliphatic carbocycles. The molecule has 0 bridgehead atoms. The maximum atomic E-state index is 11.6. The van der Waals surface area contributed by atoms with E-state index in [1.165, 1.54) is 0 Å². The first-order valence-corrected chi connectivity index (χ1v) is 7.38. The van der Waals surface area contributed by atoms with Crippen LogP contribution in [0.3, 0.4) is 0 Å². The number of hydrogen-bond donors (Lipinski definition) is 0. The largest absolute Gasteiger partial charge is 0.461 e. The molecule has 0 radical (unpaired) electrons. The molecular formula is C16H21NO7. The monoisotopic (exact) mass is 339 g/mol. The van der Waals surface area contributed by atoms with E-state index in [9.17, 15) is 19.7 Å². The van der Waals surface area contributed by atoms with Crippen molar-refractivity contribution in [2.24, 2.45) is 0 Å². The molecule has 0 atom stereocenters. The van der Waals surface area contributed by atoms with Gasteiger partial charge in [0.25, 0.3) is 5.09 Å². The van der Waals surface area contributed by atoms with E-state index in [0.29, 0.717) is 5.56 Å². The van der Waals surface area contributed by atoms with Gasteiger partial charge in [-0.15, -0.1) is 10.1 Å². The fourth-order valence-electron chi connectivity index (χ4n) is 1.69. The van der Waals surface area contributed by atoms with Gasteiger partial charge in [-0.05, 0) is 31.9 Å². The predicted octanol–water partition coefficient (Wildman–Crippen LogP) is 2.56. The van der Waals surface area contributed by atoms with Crippen LogP contribution >= 0.6 is 0 Å². The molecule has 0 unspecified atom stereocenters. The Hall–Kier alpha value is -2.64. The molecule has 0 spiro atoms. The van der Waals surface area contributed by atoms with Crippen LogP contribution in [0.1, 0.15) is 44.7 Å². The number of nitrogens with zero attached hydrogens (tertiary/aromatic N) is 1. The molecule has 24 heavy (non-hydrogen) atoms. The van der Waals surface area contributed by atoms with E-state index in [2.05, 4.69) is 4.84 Å². The number of carbonyl (C=O) groups excluding carboxylic acids is 2. The van der Waals surface area contributed by atoms with Crippen LogP contribution in [0.5, 0.6) is 0 Å². The fourth-order valence-corrected chi connectivity index (χ4v) is 1.69. The van der Waals surface area contributed by atoms with Crippen LogP contribution in [0.25, 0.3) is 0 Å². The second-order valence-corrected chi connectivity index (χ2v) is 6.06. The number of esters is 2. The summed E-state index contributed by atoms with van der Waals surface area (Å²) in [5, 5.41) is 9.24. The van der Waals surface area contributed by atoms with Crippen LogP contribution < -0.4 is 0 Å². The average Bonchev–Trinajstić information content (AvgIpc) is 2.48. The number of benzene rings is 1. The lowest BCUT2D eigenvalue weighted by Crippen LogP contribution is -2.24. The Labute approximate surface area is 139 Å². The number of carbonyl (C=O) groups is 2. The highest BCUT2D eigenvalue weighted by Crippen LogP contribution is 2.11. The summed E-state index contributed by atoms with van der Waals surface area (Å²) in [5.74, 6) is -0.948. The summed E-state index contributed by atoms with van der Waals surface area (Å²) in [7, 11) is 0. The standard InChI is InChI=1S/C16H21NO7/c1-16(2,3)24-15(19)9-8-14(18)22-10-12-4-6-13(7-5-12)11-23-17(20)21/h4-7H,8-11H2,1-3H3. The van der Waals surface area contributed by atoms with Gasteiger partial charge in [0.05, 0.1) is 12.8 Å². The molecule has 0 heterocycles. The van der Waals surface area contributed by atoms with Crippen molar-refractivity contribution in [3.63, 3.8) is 0 Å². The van der Waals surface area contributed by atoms with Gasteiger partial charge in [0, 0.05) is 0 Å². The van der Waals surface area contributed by atoms with Crippen LogP contribution in [0.15, 0.2) is 24.3 Å². The first kappa shape index (κ1) is 19.4. The van der Waals surface area contributed by atoms with Crippen LogP contribution in [-0.4, -0.2) is 22.6 Å². The lowest BCUT2D eigenvalue weighted by molar-refractivity contribution is -0.763. The Kier molecular flexibility index (Phi) is 7.16. The normalized spacial score (nSPS) is 10.8. The van der Waals surface area contributed by atoms with Crippen molar-refractivity contribution in [3.05, 3.63) is 45.5 Å². The van der Waals surface area contributed by atoms with E-state index < -0.39 is 22.6 Å². The minimum atomic E-state index is -0.861. The summed E-state index contributed by atoms with van der Waals surface area (Å²) in [6.45, 7) is 5.18. The van der Waals surface area contributed by atoms with E-state index in [4.69, 9.17) is 9.47 Å². The molecule has 8 heteroatoms. The molecule has 132 valence electrons. The maximum absolute atomic E-state index is 11.6. The third-order valence-electron chi connectivity index (χ3n) is 2.71. The van der Waals surface area contributed by atoms with Gasteiger partial charge >= 0.3 is 11.9 Å². The third-order valence-corrected chi connectivity index (χ3v) is 2.71. The lowest BCUT2D eigenvalue weighted by atomic mass is 10.1. The molecule has 1 aromatic rings. The van der Waals surface area contributed by atoms with Crippen molar-refractivity contribution < 1.29 is 29.0 Å². The van der Waals surface area contributed by atoms with Crippen molar-refractivity contribution in [1.82, 2.24) is 0 Å². The van der Waals surface area contributed by atoms with Crippen molar-refractivity contribution in [2.75, 3.05) is 0 Å². The quantitative estimate of drug-likeness (QED) is 0.407. The molecule has 1 rings (SSSR count). The Balaban J connectivity index is 2.31. The highest BCUT2D eigenvalue weighted by molar-refractivity contribution is 5.77. The molecule has 1 aromatic carbocycles. The second-order valence-electron chi connectivity index (χ2n) is 6.06. The van der Waals surface area contributed by atoms with Crippen LogP contribution in [0.2, 0.25) is 0 Å². The summed E-state index contributed by atoms with van der Waals surface area (Å²) in [5.41, 5.74) is 0.777. The van der Waals surface area contributed by atoms with Gasteiger partial charge in [0.15, 0.2) is 0 Å². The Morgan fingerprint density at radius 3 is 2.00 bits per heavy atom. The summed E-state index contributed by atoms with van der Waals surface area (Å²) in [4.78, 5) is 37.4. The predicted molar refractivity (Wildman–Crippen MR) is 83.1 cm³/mol. The maximum Gasteiger partial charge on any atom is 0.306 e. The summed E-state index contributed by atoms with van der Waals surface area (Å²) >= 11 is 0. The molecule has 0 fully saturated rings. The fraction of sp³-hybridized carbons (Fsp3) is 0.500. The molecule has 0 amide bonds. The summed E-state index contributed by atoms with van der Waals surface area (Å²) in [6.07, 6.45) is -0.0864. The lowest BCUT2D eigenvalue weighted by Gasteiger charge is -2.19. The Bertz CT molecular complexity index is 575. The minimum Gasteiger partial charge on any atom is -0.461 e. The molecule has 0 N–H and O–H groups in total. The van der Waals surface area contributed by atoms with Crippen LogP contribution in [-0.2, 0) is 37.1 Å². The van der Waals surface area contributed by atoms with Gasteiger partial charge in [-0.3, -0.25) is 9.59 Å². The van der Waals surface area contributed by atoms with Crippen molar-refractivity contribution >= 4 is 11.9 Å². The van der Waals surface area contributed by atoms with Gasteiger partial charge in [-0.2, -0.15) is 0 Å². The zero-order chi connectivity index (χ0) is 18.2. The van der Waals surface area contributed by atoms with Crippen LogP contribution in [0.4, 0.5) is 0 Å². The van der Waals surface area contributed by atoms with E-state index in [1.54, 1.807) is 45.0 Å². The first-order valence-electron chi connectivity index (χ1n) is 7.38. The number of rotatable bonds is 8. The van der Waals surface area contributed by atoms with E-state index in [1.807, 2.05) is 0 Å². The second kappa shape index (κ2) is 8.85. The van der Waals surface area contributed by atoms with Gasteiger partial charge in [0.1, 0.15) is 18.8 Å². The topological polar surface area (TPSA) is 105 Å². The Morgan fingerprint density at radius 2 is 1.50 bits per heavy atom. The molecule has 8 nitrogen and oxygen atoms in total. The molecular weight excluding hydrogens is 318 g/mol. The molecule has 0 saturated heterocycles. The number of ether oxygens (including phenoxy) is 2. The third kappa shape index (κ3) is 8.72. The van der Waals surface area contributed by atoms with Crippen molar-refractivity contribution in [1.29, 1.82) is 0 Å². The van der Waals surface area contributed by atoms with Crippen LogP contribution in [0, 0.1) is 10.1 Å². The molecule has 0 saturated carbocycles. The SMILES string of the molecule is CC(C)(C)OC(=O)CCC(=O)OCc1ccc(CO[N+](=O)[O-])cc1. The molecule has 0 aliphatic rings. The van der Waals surface area contributed by atoms with E-state index in [-0.39, 0.29) is 26.1 Å². The van der Waals surface area contributed by atoms with Gasteiger partial charge < -0.3 is 14.3 Å². The van der Waals surface area contributed by atoms with Gasteiger partial charge in [0.2, 0.25) is 0 Å². The van der Waals surface area contributed by atoms with Gasteiger partial charge in [-0.25, -0.2) is 0 Å². The highest BCUT2D eigenvalue weighted by Gasteiger charge is 2.17. The smallest absolute Gasteiger partial charge is 0.306 e. The molecule has 0 aromatic heterocycles. The summed E-state index contributed by atoms with van der Waals surface area (Å²) < 4.78 is 10.2.